The highest BCUT2D eigenvalue weighted by atomic mass is 16.2. The normalized spacial score (nSPS) is 20.8. The molecule has 0 radical (unpaired) electrons. The van der Waals surface area contributed by atoms with Gasteiger partial charge in [0.15, 0.2) is 0 Å². The minimum atomic E-state index is -0.0547. The van der Waals surface area contributed by atoms with Gasteiger partial charge in [-0.25, -0.2) is 0 Å². The Hall–Kier alpha value is -1.88. The summed E-state index contributed by atoms with van der Waals surface area (Å²) in [7, 11) is 0. The molecule has 1 unspecified atom stereocenters. The molecule has 1 atom stereocenters. The van der Waals surface area contributed by atoms with Crippen LogP contribution in [0.25, 0.3) is 0 Å². The minimum absolute atomic E-state index is 0.00708. The highest BCUT2D eigenvalue weighted by Crippen LogP contribution is 2.23. The van der Waals surface area contributed by atoms with Gasteiger partial charge in [0.25, 0.3) is 5.91 Å². The van der Waals surface area contributed by atoms with E-state index in [4.69, 9.17) is 0 Å². The van der Waals surface area contributed by atoms with Crippen molar-refractivity contribution < 1.29 is 9.59 Å². The first-order valence-electron chi connectivity index (χ1n) is 7.64. The lowest BCUT2D eigenvalue weighted by Crippen LogP contribution is -2.33. The van der Waals surface area contributed by atoms with Crippen molar-refractivity contribution in [2.24, 2.45) is 5.92 Å². The second-order valence-corrected chi connectivity index (χ2v) is 5.85. The molecular formula is C16H21N3O2. The van der Waals surface area contributed by atoms with Crippen LogP contribution in [0.1, 0.15) is 35.2 Å². The molecule has 3 N–H and O–H groups in total. The highest BCUT2D eigenvalue weighted by molar-refractivity contribution is 6.01. The Bertz CT molecular complexity index is 550. The van der Waals surface area contributed by atoms with Crippen LogP contribution in [-0.2, 0) is 11.2 Å². The molecule has 5 nitrogen and oxygen atoms in total. The van der Waals surface area contributed by atoms with Gasteiger partial charge >= 0.3 is 0 Å². The largest absolute Gasteiger partial charge is 0.352 e. The van der Waals surface area contributed by atoms with E-state index in [9.17, 15) is 9.59 Å². The lowest BCUT2D eigenvalue weighted by Gasteiger charge is -2.22. The Morgan fingerprint density at radius 3 is 3.10 bits per heavy atom. The SMILES string of the molecule is O=C1Cc2cc(C(=O)NCCC3CCCNC3)ccc2N1. The van der Waals surface area contributed by atoms with Crippen molar-refractivity contribution in [2.75, 3.05) is 25.0 Å². The average Bonchev–Trinajstić information content (AvgIpc) is 2.87. The number of fused-ring (bicyclic) bond motifs is 1. The second-order valence-electron chi connectivity index (χ2n) is 5.85. The number of hydrogen-bond acceptors (Lipinski definition) is 3. The molecule has 112 valence electrons. The predicted octanol–water partition coefficient (Wildman–Crippen LogP) is 1.30. The summed E-state index contributed by atoms with van der Waals surface area (Å²) < 4.78 is 0. The molecule has 2 aliphatic rings. The Labute approximate surface area is 124 Å². The van der Waals surface area contributed by atoms with E-state index < -0.39 is 0 Å². The monoisotopic (exact) mass is 287 g/mol. The van der Waals surface area contributed by atoms with Crippen molar-refractivity contribution in [3.8, 4) is 0 Å². The van der Waals surface area contributed by atoms with Crippen LogP contribution < -0.4 is 16.0 Å². The Kier molecular flexibility index (Phi) is 4.20. The van der Waals surface area contributed by atoms with E-state index in [1.807, 2.05) is 6.07 Å². The third-order valence-electron chi connectivity index (χ3n) is 4.23. The van der Waals surface area contributed by atoms with Crippen molar-refractivity contribution in [2.45, 2.75) is 25.7 Å². The number of anilines is 1. The lowest BCUT2D eigenvalue weighted by molar-refractivity contribution is -0.115. The number of rotatable bonds is 4. The van der Waals surface area contributed by atoms with Gasteiger partial charge in [-0.05, 0) is 62.0 Å². The van der Waals surface area contributed by atoms with Crippen LogP contribution in [0.4, 0.5) is 5.69 Å². The summed E-state index contributed by atoms with van der Waals surface area (Å²) >= 11 is 0. The third-order valence-corrected chi connectivity index (χ3v) is 4.23. The highest BCUT2D eigenvalue weighted by Gasteiger charge is 2.19. The van der Waals surface area contributed by atoms with Crippen LogP contribution in [0.2, 0.25) is 0 Å². The summed E-state index contributed by atoms with van der Waals surface area (Å²) in [5, 5.41) is 9.13. The maximum atomic E-state index is 12.1. The number of hydrogen-bond donors (Lipinski definition) is 3. The number of nitrogens with one attached hydrogen (secondary N) is 3. The van der Waals surface area contributed by atoms with E-state index in [2.05, 4.69) is 16.0 Å². The van der Waals surface area contributed by atoms with E-state index in [0.717, 1.165) is 30.8 Å². The van der Waals surface area contributed by atoms with Crippen LogP contribution >= 0.6 is 0 Å². The summed E-state index contributed by atoms with van der Waals surface area (Å²) in [6.45, 7) is 2.88. The van der Waals surface area contributed by atoms with Gasteiger partial charge in [-0.2, -0.15) is 0 Å². The lowest BCUT2D eigenvalue weighted by atomic mass is 9.96. The van der Waals surface area contributed by atoms with Crippen LogP contribution in [-0.4, -0.2) is 31.4 Å². The molecule has 0 saturated carbocycles. The fraction of sp³-hybridized carbons (Fsp3) is 0.500. The molecule has 2 heterocycles. The zero-order valence-electron chi connectivity index (χ0n) is 12.1. The minimum Gasteiger partial charge on any atom is -0.352 e. The zero-order chi connectivity index (χ0) is 14.7. The van der Waals surface area contributed by atoms with Gasteiger partial charge in [0.1, 0.15) is 0 Å². The predicted molar refractivity (Wildman–Crippen MR) is 81.3 cm³/mol. The molecule has 21 heavy (non-hydrogen) atoms. The van der Waals surface area contributed by atoms with Gasteiger partial charge < -0.3 is 16.0 Å². The van der Waals surface area contributed by atoms with Gasteiger partial charge in [0.2, 0.25) is 5.91 Å². The molecule has 0 aliphatic carbocycles. The number of amides is 2. The van der Waals surface area contributed by atoms with E-state index in [1.165, 1.54) is 12.8 Å². The smallest absolute Gasteiger partial charge is 0.251 e. The van der Waals surface area contributed by atoms with Crippen LogP contribution in [0.5, 0.6) is 0 Å². The topological polar surface area (TPSA) is 70.2 Å². The van der Waals surface area contributed by atoms with E-state index >= 15 is 0 Å². The molecule has 1 aromatic rings. The van der Waals surface area contributed by atoms with Crippen molar-refractivity contribution in [3.63, 3.8) is 0 Å². The third kappa shape index (κ3) is 3.42. The fourth-order valence-corrected chi connectivity index (χ4v) is 3.03. The van der Waals surface area contributed by atoms with Crippen molar-refractivity contribution in [1.29, 1.82) is 0 Å². The number of carbonyl (C=O) groups is 2. The van der Waals surface area contributed by atoms with Crippen molar-refractivity contribution >= 4 is 17.5 Å². The first kappa shape index (κ1) is 14.1. The molecule has 1 saturated heterocycles. The van der Waals surface area contributed by atoms with Gasteiger partial charge in [-0.3, -0.25) is 9.59 Å². The molecule has 1 aromatic carbocycles. The summed E-state index contributed by atoms with van der Waals surface area (Å²) in [6.07, 6.45) is 3.86. The molecule has 3 rings (SSSR count). The zero-order valence-corrected chi connectivity index (χ0v) is 12.1. The molecule has 0 spiro atoms. The molecule has 1 fully saturated rings. The number of carbonyl (C=O) groups excluding carboxylic acids is 2. The van der Waals surface area contributed by atoms with Crippen LogP contribution in [0.3, 0.4) is 0 Å². The number of benzene rings is 1. The Balaban J connectivity index is 1.51. The van der Waals surface area contributed by atoms with Crippen LogP contribution in [0.15, 0.2) is 18.2 Å². The van der Waals surface area contributed by atoms with Crippen LogP contribution in [0, 0.1) is 5.92 Å². The van der Waals surface area contributed by atoms with Gasteiger partial charge in [-0.1, -0.05) is 0 Å². The van der Waals surface area contributed by atoms with E-state index in [0.29, 0.717) is 24.4 Å². The number of piperidine rings is 1. The van der Waals surface area contributed by atoms with Gasteiger partial charge in [0, 0.05) is 17.8 Å². The summed E-state index contributed by atoms with van der Waals surface area (Å²) in [5.41, 5.74) is 2.36. The summed E-state index contributed by atoms with van der Waals surface area (Å²) in [4.78, 5) is 23.4. The summed E-state index contributed by atoms with van der Waals surface area (Å²) in [6, 6.07) is 5.38. The van der Waals surface area contributed by atoms with Gasteiger partial charge in [0.05, 0.1) is 6.42 Å². The fourth-order valence-electron chi connectivity index (χ4n) is 3.03. The molecule has 2 amide bonds. The molecule has 5 heteroatoms. The molecule has 2 aliphatic heterocycles. The average molecular weight is 287 g/mol. The van der Waals surface area contributed by atoms with Crippen molar-refractivity contribution in [1.82, 2.24) is 10.6 Å². The second kappa shape index (κ2) is 6.26. The molecule has 0 bridgehead atoms. The van der Waals surface area contributed by atoms with E-state index in [1.54, 1.807) is 12.1 Å². The standard InChI is InChI=1S/C16H21N3O2/c20-15-9-13-8-12(3-4-14(13)19-15)16(21)18-7-5-11-2-1-6-17-10-11/h3-4,8,11,17H,1-2,5-7,9-10H2,(H,18,21)(H,19,20). The van der Waals surface area contributed by atoms with Gasteiger partial charge in [-0.15, -0.1) is 0 Å². The first-order valence-corrected chi connectivity index (χ1v) is 7.64. The van der Waals surface area contributed by atoms with Crippen molar-refractivity contribution in [3.05, 3.63) is 29.3 Å². The Morgan fingerprint density at radius 2 is 2.29 bits per heavy atom. The molecular weight excluding hydrogens is 266 g/mol. The summed E-state index contributed by atoms with van der Waals surface area (Å²) in [5.74, 6) is 0.606. The molecule has 0 aromatic heterocycles. The first-order chi connectivity index (χ1) is 10.2. The van der Waals surface area contributed by atoms with E-state index in [-0.39, 0.29) is 11.8 Å². The Morgan fingerprint density at radius 1 is 1.38 bits per heavy atom. The maximum absolute atomic E-state index is 12.1. The maximum Gasteiger partial charge on any atom is 0.251 e. The quantitative estimate of drug-likeness (QED) is 0.782.